The molecule has 0 aliphatic carbocycles. The van der Waals surface area contributed by atoms with Gasteiger partial charge < -0.3 is 10.3 Å². The number of hydrogen-bond donors (Lipinski definition) is 2. The Labute approximate surface area is 94.8 Å². The van der Waals surface area contributed by atoms with Gasteiger partial charge in [-0.3, -0.25) is 4.90 Å². The molecule has 82 valence electrons. The smallest absolute Gasteiger partial charge is 0.0676 e. The Kier molecular flexibility index (Phi) is 2.18. The maximum absolute atomic E-state index is 3.38. The highest BCUT2D eigenvalue weighted by atomic mass is 15.3. The zero-order valence-electron chi connectivity index (χ0n) is 9.33. The first-order chi connectivity index (χ1) is 7.83. The first-order valence-corrected chi connectivity index (χ1v) is 5.52. The Morgan fingerprint density at radius 1 is 1.31 bits per heavy atom. The molecule has 1 aromatic heterocycles. The van der Waals surface area contributed by atoms with Gasteiger partial charge in [0.1, 0.15) is 0 Å². The lowest BCUT2D eigenvalue weighted by atomic mass is 10.1. The fourth-order valence-corrected chi connectivity index (χ4v) is 2.14. The van der Waals surface area contributed by atoms with E-state index in [4.69, 9.17) is 0 Å². The average molecular weight is 213 g/mol. The second-order valence-corrected chi connectivity index (χ2v) is 4.31. The molecule has 1 saturated heterocycles. The van der Waals surface area contributed by atoms with E-state index in [0.29, 0.717) is 0 Å². The molecule has 0 bridgehead atoms. The van der Waals surface area contributed by atoms with Gasteiger partial charge in [0.2, 0.25) is 0 Å². The van der Waals surface area contributed by atoms with Crippen LogP contribution in [-0.4, -0.2) is 30.1 Å². The number of H-pyrrole nitrogens is 1. The quantitative estimate of drug-likeness (QED) is 0.759. The second kappa shape index (κ2) is 3.68. The highest BCUT2D eigenvalue weighted by Crippen LogP contribution is 2.20. The molecule has 2 heterocycles. The predicted molar refractivity (Wildman–Crippen MR) is 66.9 cm³/mol. The predicted octanol–water partition coefficient (Wildman–Crippen LogP) is 2.00. The Morgan fingerprint density at radius 2 is 2.19 bits per heavy atom. The summed E-state index contributed by atoms with van der Waals surface area (Å²) in [5.41, 5.74) is 3.74. The molecule has 0 unspecified atom stereocenters. The molecule has 0 amide bonds. The van der Waals surface area contributed by atoms with Gasteiger partial charge in [0.15, 0.2) is 0 Å². The van der Waals surface area contributed by atoms with Crippen LogP contribution in [0.2, 0.25) is 0 Å². The monoisotopic (exact) mass is 213 g/mol. The molecule has 0 atom stereocenters. The van der Waals surface area contributed by atoms with Crippen molar-refractivity contribution in [3.63, 3.8) is 0 Å². The van der Waals surface area contributed by atoms with Crippen LogP contribution in [0.3, 0.4) is 0 Å². The highest BCUT2D eigenvalue weighted by molar-refractivity contribution is 5.89. The summed E-state index contributed by atoms with van der Waals surface area (Å²) >= 11 is 0. The standard InChI is InChI=1S/C13H15N3/c1-16-8-11(15-9-16)6-10-7-14-13-5-3-2-4-12(10)13/h2-7,14-15H,8-9H2,1H3/b11-6-. The first-order valence-electron chi connectivity index (χ1n) is 5.52. The number of benzene rings is 1. The lowest BCUT2D eigenvalue weighted by molar-refractivity contribution is 0.414. The molecule has 2 N–H and O–H groups in total. The fraction of sp³-hybridized carbons (Fsp3) is 0.231. The SMILES string of the molecule is CN1CN/C(=C\c2c[nH]c3ccccc23)C1. The molecule has 1 aromatic carbocycles. The summed E-state index contributed by atoms with van der Waals surface area (Å²) in [4.78, 5) is 5.54. The van der Waals surface area contributed by atoms with Gasteiger partial charge in [-0.15, -0.1) is 0 Å². The maximum atomic E-state index is 3.38. The van der Waals surface area contributed by atoms with E-state index in [-0.39, 0.29) is 0 Å². The number of aromatic amines is 1. The summed E-state index contributed by atoms with van der Waals surface area (Å²) in [5.74, 6) is 0. The third-order valence-corrected chi connectivity index (χ3v) is 2.97. The van der Waals surface area contributed by atoms with Crippen LogP contribution in [0.4, 0.5) is 0 Å². The van der Waals surface area contributed by atoms with Gasteiger partial charge in [0.25, 0.3) is 0 Å². The van der Waals surface area contributed by atoms with Crippen LogP contribution in [0, 0.1) is 0 Å². The summed E-state index contributed by atoms with van der Waals surface area (Å²) in [6.45, 7) is 1.94. The van der Waals surface area contributed by atoms with Gasteiger partial charge in [0.05, 0.1) is 6.67 Å². The van der Waals surface area contributed by atoms with E-state index in [1.165, 1.54) is 22.2 Å². The van der Waals surface area contributed by atoms with Crippen LogP contribution in [0.15, 0.2) is 36.2 Å². The van der Waals surface area contributed by atoms with E-state index in [1.807, 2.05) is 0 Å². The van der Waals surface area contributed by atoms with Crippen LogP contribution in [0.1, 0.15) is 5.56 Å². The third-order valence-electron chi connectivity index (χ3n) is 2.97. The van der Waals surface area contributed by atoms with Gasteiger partial charge in [-0.05, 0) is 19.2 Å². The first kappa shape index (κ1) is 9.48. The number of hydrogen-bond acceptors (Lipinski definition) is 2. The zero-order chi connectivity index (χ0) is 11.0. The number of nitrogens with one attached hydrogen (secondary N) is 2. The van der Waals surface area contributed by atoms with Gasteiger partial charge in [0, 0.05) is 34.9 Å². The average Bonchev–Trinajstić information content (AvgIpc) is 2.87. The van der Waals surface area contributed by atoms with Crippen LogP contribution in [-0.2, 0) is 0 Å². The third kappa shape index (κ3) is 1.59. The van der Waals surface area contributed by atoms with Crippen molar-refractivity contribution in [1.29, 1.82) is 0 Å². The molecule has 16 heavy (non-hydrogen) atoms. The van der Waals surface area contributed by atoms with E-state index in [1.54, 1.807) is 0 Å². The normalized spacial score (nSPS) is 19.4. The topological polar surface area (TPSA) is 31.1 Å². The lowest BCUT2D eigenvalue weighted by Crippen LogP contribution is -2.15. The molecule has 0 radical (unpaired) electrons. The number of rotatable bonds is 1. The molecule has 0 saturated carbocycles. The second-order valence-electron chi connectivity index (χ2n) is 4.31. The van der Waals surface area contributed by atoms with E-state index >= 15 is 0 Å². The number of fused-ring (bicyclic) bond motifs is 1. The molecule has 3 rings (SSSR count). The van der Waals surface area contributed by atoms with Gasteiger partial charge in [-0.25, -0.2) is 0 Å². The van der Waals surface area contributed by atoms with Crippen molar-refractivity contribution in [2.75, 3.05) is 20.3 Å². The van der Waals surface area contributed by atoms with Crippen molar-refractivity contribution in [2.24, 2.45) is 0 Å². The van der Waals surface area contributed by atoms with E-state index < -0.39 is 0 Å². The van der Waals surface area contributed by atoms with Crippen molar-refractivity contribution >= 4 is 17.0 Å². The number of likely N-dealkylation sites (N-methyl/N-ethyl adjacent to an activating group) is 1. The summed E-state index contributed by atoms with van der Waals surface area (Å²) in [7, 11) is 2.11. The highest BCUT2D eigenvalue weighted by Gasteiger charge is 2.11. The lowest BCUT2D eigenvalue weighted by Gasteiger charge is -2.00. The molecule has 3 heteroatoms. The Balaban J connectivity index is 2.01. The number of nitrogens with zero attached hydrogens (tertiary/aromatic N) is 1. The Morgan fingerprint density at radius 3 is 3.00 bits per heavy atom. The molecule has 1 aliphatic rings. The zero-order valence-corrected chi connectivity index (χ0v) is 9.33. The van der Waals surface area contributed by atoms with Gasteiger partial charge in [-0.1, -0.05) is 18.2 Å². The van der Waals surface area contributed by atoms with Crippen LogP contribution in [0.25, 0.3) is 17.0 Å². The molecular formula is C13H15N3. The van der Waals surface area contributed by atoms with Crippen molar-refractivity contribution in [3.05, 3.63) is 41.7 Å². The Bertz CT molecular complexity index is 539. The summed E-state index contributed by atoms with van der Waals surface area (Å²) in [6.07, 6.45) is 4.29. The molecule has 2 aromatic rings. The van der Waals surface area contributed by atoms with E-state index in [2.05, 4.69) is 58.8 Å². The summed E-state index contributed by atoms with van der Waals surface area (Å²) < 4.78 is 0. The van der Waals surface area contributed by atoms with Crippen molar-refractivity contribution in [2.45, 2.75) is 0 Å². The minimum absolute atomic E-state index is 0.939. The van der Waals surface area contributed by atoms with Crippen molar-refractivity contribution in [1.82, 2.24) is 15.2 Å². The molecule has 0 spiro atoms. The number of aromatic nitrogens is 1. The van der Waals surface area contributed by atoms with Gasteiger partial charge >= 0.3 is 0 Å². The molecule has 1 aliphatic heterocycles. The Hall–Kier alpha value is -1.74. The minimum Gasteiger partial charge on any atom is -0.375 e. The largest absolute Gasteiger partial charge is 0.375 e. The minimum atomic E-state index is 0.939. The van der Waals surface area contributed by atoms with Crippen LogP contribution >= 0.6 is 0 Å². The summed E-state index contributed by atoms with van der Waals surface area (Å²) in [5, 5.41) is 4.67. The maximum Gasteiger partial charge on any atom is 0.0676 e. The molecule has 1 fully saturated rings. The van der Waals surface area contributed by atoms with Crippen molar-refractivity contribution in [3.8, 4) is 0 Å². The molecular weight excluding hydrogens is 198 g/mol. The van der Waals surface area contributed by atoms with Crippen molar-refractivity contribution < 1.29 is 0 Å². The van der Waals surface area contributed by atoms with Gasteiger partial charge in [-0.2, -0.15) is 0 Å². The van der Waals surface area contributed by atoms with E-state index in [9.17, 15) is 0 Å². The number of para-hydroxylation sites is 1. The van der Waals surface area contributed by atoms with Crippen LogP contribution in [0.5, 0.6) is 0 Å². The van der Waals surface area contributed by atoms with Crippen LogP contribution < -0.4 is 5.32 Å². The fourth-order valence-electron chi connectivity index (χ4n) is 2.14. The molecule has 3 nitrogen and oxygen atoms in total. The van der Waals surface area contributed by atoms with E-state index in [0.717, 1.165) is 13.2 Å². The summed E-state index contributed by atoms with van der Waals surface area (Å²) in [6, 6.07) is 8.38.